The zero-order valence-corrected chi connectivity index (χ0v) is 17.3. The predicted molar refractivity (Wildman–Crippen MR) is 109 cm³/mol. The highest BCUT2D eigenvalue weighted by molar-refractivity contribution is 7.99. The van der Waals surface area contributed by atoms with Gasteiger partial charge in [-0.1, -0.05) is 30.4 Å². The number of aliphatic carboxylic acids is 1. The molecule has 1 amide bonds. The highest BCUT2D eigenvalue weighted by Crippen LogP contribution is 2.29. The summed E-state index contributed by atoms with van der Waals surface area (Å²) in [5.74, 6) is 0.620. The summed E-state index contributed by atoms with van der Waals surface area (Å²) in [6, 6.07) is 4.74. The lowest BCUT2D eigenvalue weighted by Gasteiger charge is -2.22. The van der Waals surface area contributed by atoms with Crippen molar-refractivity contribution in [3.8, 4) is 0 Å². The molecule has 9 heteroatoms. The second-order valence-electron chi connectivity index (χ2n) is 7.16. The summed E-state index contributed by atoms with van der Waals surface area (Å²) in [6.45, 7) is 0.537. The van der Waals surface area contributed by atoms with E-state index in [1.807, 2.05) is 0 Å². The summed E-state index contributed by atoms with van der Waals surface area (Å²) in [6.07, 6.45) is -0.263. The summed E-state index contributed by atoms with van der Waals surface area (Å²) in [5.41, 5.74) is -0.358. The van der Waals surface area contributed by atoms with Gasteiger partial charge in [0.1, 0.15) is 0 Å². The predicted octanol–water partition coefficient (Wildman–Crippen LogP) is 3.75. The highest BCUT2D eigenvalue weighted by Gasteiger charge is 2.31. The summed E-state index contributed by atoms with van der Waals surface area (Å²) < 4.78 is 38.4. The minimum absolute atomic E-state index is 0.0307. The third-order valence-corrected chi connectivity index (χ3v) is 5.83. The Bertz CT molecular complexity index is 754. The van der Waals surface area contributed by atoms with Gasteiger partial charge in [0.25, 0.3) is 0 Å². The van der Waals surface area contributed by atoms with Crippen molar-refractivity contribution in [1.82, 2.24) is 4.90 Å². The molecular formula is C21H26F3NO4S. The van der Waals surface area contributed by atoms with Crippen molar-refractivity contribution in [1.29, 1.82) is 0 Å². The third kappa shape index (κ3) is 8.02. The summed E-state index contributed by atoms with van der Waals surface area (Å²) in [7, 11) is 0. The first kappa shape index (κ1) is 24.3. The number of thioether (sulfide) groups is 1. The average Bonchev–Trinajstić information content (AvgIpc) is 3.02. The minimum Gasteiger partial charge on any atom is -0.481 e. The molecule has 1 aliphatic heterocycles. The van der Waals surface area contributed by atoms with E-state index < -0.39 is 23.8 Å². The number of carboxylic acids is 1. The van der Waals surface area contributed by atoms with Crippen molar-refractivity contribution in [3.63, 3.8) is 0 Å². The molecule has 2 rings (SSSR count). The molecule has 0 bridgehead atoms. The molecule has 1 aromatic rings. The maximum absolute atomic E-state index is 12.8. The van der Waals surface area contributed by atoms with Crippen molar-refractivity contribution >= 4 is 23.6 Å². The first-order valence-corrected chi connectivity index (χ1v) is 10.9. The van der Waals surface area contributed by atoms with Crippen LogP contribution in [0.25, 0.3) is 0 Å². The minimum atomic E-state index is -4.42. The van der Waals surface area contributed by atoms with Crippen LogP contribution in [-0.2, 0) is 22.2 Å². The van der Waals surface area contributed by atoms with E-state index in [-0.39, 0.29) is 24.8 Å². The Balaban J connectivity index is 1.83. The third-order valence-electron chi connectivity index (χ3n) is 4.79. The van der Waals surface area contributed by atoms with Crippen LogP contribution in [-0.4, -0.2) is 57.2 Å². The second-order valence-corrected chi connectivity index (χ2v) is 8.38. The number of likely N-dealkylation sites (tertiary alicyclic amines) is 1. The van der Waals surface area contributed by atoms with Crippen molar-refractivity contribution < 1.29 is 33.0 Å². The monoisotopic (exact) mass is 445 g/mol. The van der Waals surface area contributed by atoms with E-state index in [2.05, 4.69) is 0 Å². The number of carbonyl (C=O) groups excluding carboxylic acids is 1. The smallest absolute Gasteiger partial charge is 0.416 e. The number of carbonyl (C=O) groups is 2. The van der Waals surface area contributed by atoms with Gasteiger partial charge in [-0.25, -0.2) is 0 Å². The van der Waals surface area contributed by atoms with Gasteiger partial charge in [-0.05, 0) is 30.2 Å². The molecule has 1 saturated heterocycles. The van der Waals surface area contributed by atoms with Gasteiger partial charge >= 0.3 is 12.1 Å². The molecule has 1 heterocycles. The number of aliphatic hydroxyl groups is 1. The van der Waals surface area contributed by atoms with Gasteiger partial charge in [0.15, 0.2) is 0 Å². The van der Waals surface area contributed by atoms with Crippen molar-refractivity contribution in [2.24, 2.45) is 0 Å². The highest BCUT2D eigenvalue weighted by atomic mass is 32.2. The summed E-state index contributed by atoms with van der Waals surface area (Å²) in [5, 5.41) is 18.8. The van der Waals surface area contributed by atoms with E-state index in [1.54, 1.807) is 28.8 Å². The standard InChI is InChI=1S/C21H26F3NO4S/c22-21(23,24)16-4-1-3-15(13-16)14-18(26)8-6-17-7-9-19(27)25(17)10-12-30-11-2-5-20(28)29/h1,3-4,6,8,13,17-18,26H,2,5,7,9-12,14H2,(H,28,29)/t17-,18+/m0/s1. The van der Waals surface area contributed by atoms with Gasteiger partial charge in [-0.2, -0.15) is 24.9 Å². The van der Waals surface area contributed by atoms with E-state index in [9.17, 15) is 27.9 Å². The van der Waals surface area contributed by atoms with Crippen LogP contribution in [0.15, 0.2) is 36.4 Å². The molecule has 0 radical (unpaired) electrons. The molecule has 1 aliphatic rings. The van der Waals surface area contributed by atoms with Crippen LogP contribution in [0.3, 0.4) is 0 Å². The fraction of sp³-hybridized carbons (Fsp3) is 0.524. The normalized spacial score (nSPS) is 18.3. The van der Waals surface area contributed by atoms with Gasteiger partial charge in [0.2, 0.25) is 5.91 Å². The number of benzene rings is 1. The molecule has 166 valence electrons. The van der Waals surface area contributed by atoms with Crippen molar-refractivity contribution in [2.75, 3.05) is 18.1 Å². The average molecular weight is 446 g/mol. The molecule has 30 heavy (non-hydrogen) atoms. The number of alkyl halides is 3. The lowest BCUT2D eigenvalue weighted by molar-refractivity contribution is -0.138. The fourth-order valence-electron chi connectivity index (χ4n) is 3.28. The Hall–Kier alpha value is -2.00. The number of hydrogen-bond donors (Lipinski definition) is 2. The topological polar surface area (TPSA) is 77.8 Å². The SMILES string of the molecule is O=C(O)CCCSCCN1C(=O)CC[C@@H]1C=C[C@@H](O)Cc1cccc(C(F)(F)F)c1. The number of aliphatic hydroxyl groups excluding tert-OH is 1. The van der Waals surface area contributed by atoms with Gasteiger partial charge in [0, 0.05) is 31.6 Å². The number of rotatable bonds is 11. The van der Waals surface area contributed by atoms with Crippen LogP contribution in [0.1, 0.15) is 36.8 Å². The number of amides is 1. The van der Waals surface area contributed by atoms with Gasteiger partial charge < -0.3 is 15.1 Å². The molecule has 2 atom stereocenters. The van der Waals surface area contributed by atoms with Crippen LogP contribution in [0, 0.1) is 0 Å². The van der Waals surface area contributed by atoms with E-state index in [0.29, 0.717) is 42.9 Å². The van der Waals surface area contributed by atoms with Crippen LogP contribution in [0.4, 0.5) is 13.2 Å². The molecule has 0 aromatic heterocycles. The van der Waals surface area contributed by atoms with Crippen LogP contribution < -0.4 is 0 Å². The zero-order valence-electron chi connectivity index (χ0n) is 16.5. The van der Waals surface area contributed by atoms with E-state index in [0.717, 1.165) is 12.1 Å². The summed E-state index contributed by atoms with van der Waals surface area (Å²) in [4.78, 5) is 24.3. The van der Waals surface area contributed by atoms with Gasteiger partial charge in [-0.15, -0.1) is 0 Å². The number of nitrogens with zero attached hydrogens (tertiary/aromatic N) is 1. The molecule has 0 spiro atoms. The molecule has 2 N–H and O–H groups in total. The Labute approximate surface area is 178 Å². The Kier molecular flexibility index (Phi) is 9.23. The maximum atomic E-state index is 12.8. The molecule has 1 fully saturated rings. The van der Waals surface area contributed by atoms with Crippen molar-refractivity contribution in [3.05, 3.63) is 47.5 Å². The lowest BCUT2D eigenvalue weighted by atomic mass is 10.0. The fourth-order valence-corrected chi connectivity index (χ4v) is 4.16. The van der Waals surface area contributed by atoms with Crippen LogP contribution in [0.2, 0.25) is 0 Å². The number of hydrogen-bond acceptors (Lipinski definition) is 4. The molecule has 0 aliphatic carbocycles. The van der Waals surface area contributed by atoms with Crippen molar-refractivity contribution in [2.45, 2.75) is 50.4 Å². The molecular weight excluding hydrogens is 419 g/mol. The van der Waals surface area contributed by atoms with E-state index in [1.165, 1.54) is 12.1 Å². The van der Waals surface area contributed by atoms with Gasteiger partial charge in [0.05, 0.1) is 17.7 Å². The molecule has 0 saturated carbocycles. The Morgan fingerprint density at radius 3 is 2.80 bits per heavy atom. The second kappa shape index (κ2) is 11.4. The number of halogens is 3. The molecule has 5 nitrogen and oxygen atoms in total. The van der Waals surface area contributed by atoms with E-state index in [4.69, 9.17) is 5.11 Å². The summed E-state index contributed by atoms with van der Waals surface area (Å²) >= 11 is 1.59. The first-order valence-electron chi connectivity index (χ1n) is 9.78. The van der Waals surface area contributed by atoms with Gasteiger partial charge in [-0.3, -0.25) is 9.59 Å². The first-order chi connectivity index (χ1) is 14.2. The molecule has 1 aromatic carbocycles. The zero-order chi connectivity index (χ0) is 22.1. The van der Waals surface area contributed by atoms with Crippen LogP contribution in [0.5, 0.6) is 0 Å². The lowest BCUT2D eigenvalue weighted by Crippen LogP contribution is -2.34. The largest absolute Gasteiger partial charge is 0.481 e. The van der Waals surface area contributed by atoms with Crippen LogP contribution >= 0.6 is 11.8 Å². The Morgan fingerprint density at radius 1 is 1.33 bits per heavy atom. The number of carboxylic acid groups (broad SMARTS) is 1. The maximum Gasteiger partial charge on any atom is 0.416 e. The Morgan fingerprint density at radius 2 is 2.10 bits per heavy atom. The molecule has 0 unspecified atom stereocenters. The quantitative estimate of drug-likeness (QED) is 0.401. The van der Waals surface area contributed by atoms with E-state index >= 15 is 0 Å².